The van der Waals surface area contributed by atoms with Gasteiger partial charge in [-0.3, -0.25) is 0 Å². The largest absolute Gasteiger partial charge is 0.0622 e. The first kappa shape index (κ1) is 13.9. The van der Waals surface area contributed by atoms with E-state index in [1.165, 1.54) is 36.8 Å². The lowest BCUT2D eigenvalue weighted by atomic mass is 9.91. The molecule has 19 heavy (non-hydrogen) atoms. The van der Waals surface area contributed by atoms with E-state index < -0.39 is 0 Å². The topological polar surface area (TPSA) is 0 Å². The van der Waals surface area contributed by atoms with Crippen molar-refractivity contribution in [3.05, 3.63) is 78.7 Å². The summed E-state index contributed by atoms with van der Waals surface area (Å²) in [5.74, 6) is 0.622. The third-order valence-corrected chi connectivity index (χ3v) is 3.73. The van der Waals surface area contributed by atoms with E-state index in [9.17, 15) is 0 Å². The molecule has 0 aliphatic rings. The van der Waals surface area contributed by atoms with E-state index in [1.54, 1.807) is 0 Å². The highest BCUT2D eigenvalue weighted by Gasteiger charge is 2.08. The van der Waals surface area contributed by atoms with Crippen molar-refractivity contribution >= 4 is 0 Å². The van der Waals surface area contributed by atoms with Crippen LogP contribution in [0.5, 0.6) is 0 Å². The average Bonchev–Trinajstić information content (AvgIpc) is 2.49. The molecule has 0 heteroatoms. The maximum absolute atomic E-state index is 4.10. The summed E-state index contributed by atoms with van der Waals surface area (Å²) >= 11 is 0. The molecule has 2 rings (SSSR count). The highest BCUT2D eigenvalue weighted by Crippen LogP contribution is 2.25. The maximum atomic E-state index is 4.10. The summed E-state index contributed by atoms with van der Waals surface area (Å²) in [7, 11) is 0. The summed E-state index contributed by atoms with van der Waals surface area (Å²) in [6.45, 7) is 4.10. The van der Waals surface area contributed by atoms with Crippen LogP contribution in [0.4, 0.5) is 0 Å². The Morgan fingerprint density at radius 1 is 0.789 bits per heavy atom. The van der Waals surface area contributed by atoms with Crippen LogP contribution >= 0.6 is 0 Å². The molecule has 0 bridgehead atoms. The summed E-state index contributed by atoms with van der Waals surface area (Å²) in [6.07, 6.45) is 5.99. The van der Waals surface area contributed by atoms with Gasteiger partial charge in [0.2, 0.25) is 0 Å². The van der Waals surface area contributed by atoms with Gasteiger partial charge in [0.15, 0.2) is 0 Å². The van der Waals surface area contributed by atoms with Crippen molar-refractivity contribution < 1.29 is 0 Å². The molecule has 99 valence electrons. The van der Waals surface area contributed by atoms with E-state index in [1.807, 2.05) is 0 Å². The molecule has 0 fully saturated rings. The van der Waals surface area contributed by atoms with Crippen molar-refractivity contribution in [1.29, 1.82) is 0 Å². The maximum Gasteiger partial charge on any atom is -0.0162 e. The molecule has 0 amide bonds. The first-order valence-electron chi connectivity index (χ1n) is 7.28. The fraction of sp³-hybridized carbons (Fsp3) is 0.316. The Morgan fingerprint density at radius 2 is 1.42 bits per heavy atom. The van der Waals surface area contributed by atoms with Gasteiger partial charge in [0.1, 0.15) is 0 Å². The highest BCUT2D eigenvalue weighted by molar-refractivity contribution is 5.19. The molecular weight excluding hydrogens is 228 g/mol. The van der Waals surface area contributed by atoms with E-state index in [0.717, 1.165) is 6.42 Å². The number of unbranched alkanes of at least 4 members (excludes halogenated alkanes) is 1. The zero-order valence-corrected chi connectivity index (χ0v) is 11.6. The number of hydrogen-bond acceptors (Lipinski definition) is 0. The lowest BCUT2D eigenvalue weighted by Gasteiger charge is -2.15. The van der Waals surface area contributed by atoms with E-state index in [0.29, 0.717) is 5.92 Å². The van der Waals surface area contributed by atoms with Crippen molar-refractivity contribution in [3.8, 4) is 0 Å². The first-order chi connectivity index (χ1) is 9.40. The molecule has 0 heterocycles. The molecule has 0 N–H and O–H groups in total. The van der Waals surface area contributed by atoms with Gasteiger partial charge in [-0.05, 0) is 42.7 Å². The lowest BCUT2D eigenvalue weighted by molar-refractivity contribution is 0.574. The minimum absolute atomic E-state index is 0.622. The lowest BCUT2D eigenvalue weighted by Crippen LogP contribution is -1.98. The fourth-order valence-electron chi connectivity index (χ4n) is 2.57. The zero-order valence-electron chi connectivity index (χ0n) is 11.6. The van der Waals surface area contributed by atoms with Crippen molar-refractivity contribution in [2.45, 2.75) is 38.0 Å². The van der Waals surface area contributed by atoms with Crippen LogP contribution in [0.25, 0.3) is 0 Å². The number of aryl methyl sites for hydroxylation is 1. The highest BCUT2D eigenvalue weighted by atomic mass is 14.1. The molecule has 0 aliphatic heterocycles. The van der Waals surface area contributed by atoms with Crippen LogP contribution in [0.2, 0.25) is 0 Å². The molecule has 2 aromatic rings. The fourth-order valence-corrected chi connectivity index (χ4v) is 2.57. The van der Waals surface area contributed by atoms with Crippen LogP contribution in [0.3, 0.4) is 0 Å². The normalized spacial score (nSPS) is 12.3. The van der Waals surface area contributed by atoms with Crippen LogP contribution in [0, 0.1) is 6.92 Å². The minimum atomic E-state index is 0.622. The van der Waals surface area contributed by atoms with Gasteiger partial charge < -0.3 is 0 Å². The summed E-state index contributed by atoms with van der Waals surface area (Å²) in [4.78, 5) is 0. The Balaban J connectivity index is 1.75. The molecule has 0 aliphatic carbocycles. The molecule has 0 saturated carbocycles. The van der Waals surface area contributed by atoms with Crippen LogP contribution in [-0.2, 0) is 6.42 Å². The van der Waals surface area contributed by atoms with E-state index >= 15 is 0 Å². The zero-order chi connectivity index (χ0) is 13.3. The number of hydrogen-bond donors (Lipinski definition) is 0. The standard InChI is InChI=1S/C19H23/c1-2-18(19-15-7-4-8-16-19)14-10-9-13-17-11-5-3-6-12-17/h3-8,11-12,15-16,18H,1-2,9-10,13-14H2. The smallest absolute Gasteiger partial charge is 0.0162 e. The first-order valence-corrected chi connectivity index (χ1v) is 7.28. The Labute approximate surface area is 117 Å². The molecule has 2 aromatic carbocycles. The Bertz CT molecular complexity index is 444. The Hall–Kier alpha value is -1.56. The second-order valence-corrected chi connectivity index (χ2v) is 5.13. The second-order valence-electron chi connectivity index (χ2n) is 5.13. The number of rotatable bonds is 7. The van der Waals surface area contributed by atoms with Gasteiger partial charge in [0.25, 0.3) is 0 Å². The molecular formula is C19H23. The van der Waals surface area contributed by atoms with Crippen molar-refractivity contribution in [1.82, 2.24) is 0 Å². The summed E-state index contributed by atoms with van der Waals surface area (Å²) in [6, 6.07) is 21.6. The van der Waals surface area contributed by atoms with Gasteiger partial charge in [0, 0.05) is 0 Å². The van der Waals surface area contributed by atoms with Gasteiger partial charge in [-0.2, -0.15) is 0 Å². The number of benzene rings is 2. The second kappa shape index (κ2) is 7.78. The van der Waals surface area contributed by atoms with Crippen molar-refractivity contribution in [3.63, 3.8) is 0 Å². The van der Waals surface area contributed by atoms with Crippen LogP contribution in [0.15, 0.2) is 60.7 Å². The van der Waals surface area contributed by atoms with Crippen molar-refractivity contribution in [2.75, 3.05) is 0 Å². The van der Waals surface area contributed by atoms with E-state index in [-0.39, 0.29) is 0 Å². The Morgan fingerprint density at radius 3 is 2.05 bits per heavy atom. The van der Waals surface area contributed by atoms with Crippen LogP contribution in [0.1, 0.15) is 42.7 Å². The molecule has 0 spiro atoms. The molecule has 0 nitrogen and oxygen atoms in total. The Kier molecular flexibility index (Phi) is 5.68. The monoisotopic (exact) mass is 251 g/mol. The van der Waals surface area contributed by atoms with Gasteiger partial charge in [-0.1, -0.05) is 74.0 Å². The predicted molar refractivity (Wildman–Crippen MR) is 83.2 cm³/mol. The molecule has 1 atom stereocenters. The van der Waals surface area contributed by atoms with Crippen LogP contribution in [-0.4, -0.2) is 0 Å². The van der Waals surface area contributed by atoms with Gasteiger partial charge >= 0.3 is 0 Å². The summed E-state index contributed by atoms with van der Waals surface area (Å²) in [5.41, 5.74) is 2.89. The van der Waals surface area contributed by atoms with Crippen molar-refractivity contribution in [2.24, 2.45) is 0 Å². The van der Waals surface area contributed by atoms with E-state index in [2.05, 4.69) is 67.6 Å². The molecule has 1 radical (unpaired) electrons. The van der Waals surface area contributed by atoms with Gasteiger partial charge in [-0.15, -0.1) is 0 Å². The third-order valence-electron chi connectivity index (χ3n) is 3.73. The average molecular weight is 251 g/mol. The molecule has 0 saturated heterocycles. The van der Waals surface area contributed by atoms with Crippen LogP contribution < -0.4 is 0 Å². The summed E-state index contributed by atoms with van der Waals surface area (Å²) < 4.78 is 0. The van der Waals surface area contributed by atoms with E-state index in [4.69, 9.17) is 0 Å². The quantitative estimate of drug-likeness (QED) is 0.577. The van der Waals surface area contributed by atoms with Gasteiger partial charge in [0.05, 0.1) is 0 Å². The summed E-state index contributed by atoms with van der Waals surface area (Å²) in [5, 5.41) is 0. The predicted octanol–water partition coefficient (Wildman–Crippen LogP) is 5.41. The van der Waals surface area contributed by atoms with Gasteiger partial charge in [-0.25, -0.2) is 0 Å². The molecule has 1 unspecified atom stereocenters. The minimum Gasteiger partial charge on any atom is -0.0622 e. The SMILES string of the molecule is [CH2]CC(CCCCc1ccccc1)c1ccccc1. The molecule has 0 aromatic heterocycles. The third kappa shape index (κ3) is 4.55.